The van der Waals surface area contributed by atoms with Crippen LogP contribution in [-0.4, -0.2) is 25.2 Å². The van der Waals surface area contributed by atoms with Crippen LogP contribution < -0.4 is 10.1 Å². The molecule has 1 N–H and O–H groups in total. The third-order valence-electron chi connectivity index (χ3n) is 2.14. The molecule has 0 fully saturated rings. The lowest BCUT2D eigenvalue weighted by atomic mass is 10.2. The normalized spacial score (nSPS) is 9.41. The Morgan fingerprint density at radius 2 is 2.41 bits per heavy atom. The highest BCUT2D eigenvalue weighted by molar-refractivity contribution is 7.99. The third-order valence-corrected chi connectivity index (χ3v) is 3.11. The predicted octanol–water partition coefficient (Wildman–Crippen LogP) is 2.90. The van der Waals surface area contributed by atoms with E-state index < -0.39 is 0 Å². The van der Waals surface area contributed by atoms with E-state index in [1.165, 1.54) is 0 Å². The zero-order chi connectivity index (χ0) is 12.5. The molecule has 3 nitrogen and oxygen atoms in total. The van der Waals surface area contributed by atoms with Gasteiger partial charge in [0.2, 0.25) is 0 Å². The van der Waals surface area contributed by atoms with E-state index in [-0.39, 0.29) is 0 Å². The topological polar surface area (TPSA) is 45.0 Å². The van der Waals surface area contributed by atoms with Crippen LogP contribution in [0.25, 0.3) is 0 Å². The second kappa shape index (κ2) is 7.64. The van der Waals surface area contributed by atoms with E-state index in [0.717, 1.165) is 29.5 Å². The monoisotopic (exact) mass is 248 g/mol. The number of ether oxygens (including phenoxy) is 1. The van der Waals surface area contributed by atoms with Crippen molar-refractivity contribution in [3.8, 4) is 11.8 Å². The van der Waals surface area contributed by atoms with Gasteiger partial charge in [-0.1, -0.05) is 6.08 Å². The Balaban J connectivity index is 2.56. The Labute approximate surface area is 106 Å². The SMILES string of the molecule is C=CCSCCNc1cc(OC)ccc1C#N. The number of methoxy groups -OCH3 is 1. The van der Waals surface area contributed by atoms with Gasteiger partial charge in [-0.05, 0) is 12.1 Å². The lowest BCUT2D eigenvalue weighted by Gasteiger charge is -2.09. The van der Waals surface area contributed by atoms with Gasteiger partial charge in [0.05, 0.1) is 18.4 Å². The van der Waals surface area contributed by atoms with Crippen molar-refractivity contribution < 1.29 is 4.74 Å². The van der Waals surface area contributed by atoms with Crippen LogP contribution in [0.5, 0.6) is 5.75 Å². The van der Waals surface area contributed by atoms with Gasteiger partial charge in [0.25, 0.3) is 0 Å². The smallest absolute Gasteiger partial charge is 0.121 e. The summed E-state index contributed by atoms with van der Waals surface area (Å²) >= 11 is 1.80. The fraction of sp³-hybridized carbons (Fsp3) is 0.308. The molecule has 0 saturated heterocycles. The Kier molecular flexibility index (Phi) is 6.05. The van der Waals surface area contributed by atoms with Crippen molar-refractivity contribution in [1.29, 1.82) is 5.26 Å². The molecule has 1 aromatic rings. The number of hydrogen-bond acceptors (Lipinski definition) is 4. The number of anilines is 1. The molecule has 0 aliphatic heterocycles. The van der Waals surface area contributed by atoms with Gasteiger partial charge in [-0.2, -0.15) is 17.0 Å². The highest BCUT2D eigenvalue weighted by atomic mass is 32.2. The minimum atomic E-state index is 0.638. The first-order chi connectivity index (χ1) is 8.31. The first-order valence-corrected chi connectivity index (χ1v) is 6.48. The summed E-state index contributed by atoms with van der Waals surface area (Å²) in [5.41, 5.74) is 1.46. The summed E-state index contributed by atoms with van der Waals surface area (Å²) in [6.45, 7) is 4.49. The largest absolute Gasteiger partial charge is 0.497 e. The van der Waals surface area contributed by atoms with Crippen LogP contribution in [0.3, 0.4) is 0 Å². The Morgan fingerprint density at radius 1 is 1.59 bits per heavy atom. The Hall–Kier alpha value is -1.60. The van der Waals surface area contributed by atoms with Gasteiger partial charge < -0.3 is 10.1 Å². The number of rotatable bonds is 7. The standard InChI is InChI=1S/C13H16N2OS/c1-3-7-17-8-6-15-13-9-12(16-2)5-4-11(13)10-14/h3-5,9,15H,1,6-8H2,2H3. The van der Waals surface area contributed by atoms with E-state index >= 15 is 0 Å². The molecule has 0 aliphatic carbocycles. The van der Waals surface area contributed by atoms with E-state index in [2.05, 4.69) is 18.0 Å². The maximum absolute atomic E-state index is 8.97. The first-order valence-electron chi connectivity index (χ1n) is 5.32. The molecule has 0 amide bonds. The molecule has 90 valence electrons. The van der Waals surface area contributed by atoms with Gasteiger partial charge in [-0.25, -0.2) is 0 Å². The molecule has 17 heavy (non-hydrogen) atoms. The molecule has 0 aliphatic rings. The Bertz CT molecular complexity index is 412. The van der Waals surface area contributed by atoms with E-state index in [9.17, 15) is 0 Å². The van der Waals surface area contributed by atoms with E-state index in [1.807, 2.05) is 12.1 Å². The van der Waals surface area contributed by atoms with Crippen molar-refractivity contribution in [2.45, 2.75) is 0 Å². The maximum Gasteiger partial charge on any atom is 0.121 e. The molecule has 4 heteroatoms. The summed E-state index contributed by atoms with van der Waals surface area (Å²) in [4.78, 5) is 0. The number of nitriles is 1. The molecule has 0 atom stereocenters. The molecule has 0 bridgehead atoms. The van der Waals surface area contributed by atoms with E-state index in [0.29, 0.717) is 5.56 Å². The molecular formula is C13H16N2OS. The van der Waals surface area contributed by atoms with Crippen molar-refractivity contribution >= 4 is 17.4 Å². The minimum absolute atomic E-state index is 0.638. The molecule has 0 radical (unpaired) electrons. The Morgan fingerprint density at radius 3 is 3.06 bits per heavy atom. The van der Waals surface area contributed by atoms with Gasteiger partial charge >= 0.3 is 0 Å². The fourth-order valence-electron chi connectivity index (χ4n) is 1.32. The van der Waals surface area contributed by atoms with Crippen LogP contribution in [0.15, 0.2) is 30.9 Å². The molecule has 0 saturated carbocycles. The van der Waals surface area contributed by atoms with Crippen molar-refractivity contribution in [3.63, 3.8) is 0 Å². The summed E-state index contributed by atoms with van der Waals surface area (Å²) in [5.74, 6) is 2.68. The van der Waals surface area contributed by atoms with E-state index in [1.54, 1.807) is 31.0 Å². The minimum Gasteiger partial charge on any atom is -0.497 e. The van der Waals surface area contributed by atoms with Crippen molar-refractivity contribution in [3.05, 3.63) is 36.4 Å². The van der Waals surface area contributed by atoms with Crippen LogP contribution in [0.4, 0.5) is 5.69 Å². The molecule has 0 unspecified atom stereocenters. The van der Waals surface area contributed by atoms with Crippen LogP contribution in [0, 0.1) is 11.3 Å². The number of nitrogens with one attached hydrogen (secondary N) is 1. The quantitative estimate of drug-likeness (QED) is 0.595. The van der Waals surface area contributed by atoms with Gasteiger partial charge in [-0.15, -0.1) is 6.58 Å². The average molecular weight is 248 g/mol. The second-order valence-corrected chi connectivity index (χ2v) is 4.46. The first kappa shape index (κ1) is 13.5. The number of hydrogen-bond donors (Lipinski definition) is 1. The lowest BCUT2D eigenvalue weighted by molar-refractivity contribution is 0.415. The van der Waals surface area contributed by atoms with Crippen LogP contribution >= 0.6 is 11.8 Å². The molecule has 1 rings (SSSR count). The fourth-order valence-corrected chi connectivity index (χ4v) is 1.90. The third kappa shape index (κ3) is 4.41. The van der Waals surface area contributed by atoms with Crippen molar-refractivity contribution in [1.82, 2.24) is 0 Å². The molecule has 1 aromatic carbocycles. The number of nitrogens with zero attached hydrogens (tertiary/aromatic N) is 1. The molecule has 0 spiro atoms. The van der Waals surface area contributed by atoms with Crippen LogP contribution in [-0.2, 0) is 0 Å². The van der Waals surface area contributed by atoms with Gasteiger partial charge in [0, 0.05) is 24.1 Å². The zero-order valence-electron chi connectivity index (χ0n) is 9.90. The van der Waals surface area contributed by atoms with Crippen LogP contribution in [0.1, 0.15) is 5.56 Å². The average Bonchev–Trinajstić information content (AvgIpc) is 2.38. The number of thioether (sulfide) groups is 1. The van der Waals surface area contributed by atoms with Gasteiger partial charge in [0.15, 0.2) is 0 Å². The summed E-state index contributed by atoms with van der Waals surface area (Å²) in [5, 5.41) is 12.2. The van der Waals surface area contributed by atoms with Gasteiger partial charge in [0.1, 0.15) is 11.8 Å². The van der Waals surface area contributed by atoms with Crippen LogP contribution in [0.2, 0.25) is 0 Å². The number of benzene rings is 1. The lowest BCUT2D eigenvalue weighted by Crippen LogP contribution is -2.06. The summed E-state index contributed by atoms with van der Waals surface area (Å²) in [6, 6.07) is 7.55. The molecular weight excluding hydrogens is 232 g/mol. The summed E-state index contributed by atoms with van der Waals surface area (Å²) in [6.07, 6.45) is 1.89. The molecule has 0 aromatic heterocycles. The summed E-state index contributed by atoms with van der Waals surface area (Å²) in [7, 11) is 1.62. The molecule has 0 heterocycles. The van der Waals surface area contributed by atoms with E-state index in [4.69, 9.17) is 10.00 Å². The predicted molar refractivity (Wildman–Crippen MR) is 73.7 cm³/mol. The van der Waals surface area contributed by atoms with Crippen molar-refractivity contribution in [2.75, 3.05) is 30.5 Å². The second-order valence-electron chi connectivity index (χ2n) is 3.31. The summed E-state index contributed by atoms with van der Waals surface area (Å²) < 4.78 is 5.13. The maximum atomic E-state index is 8.97. The zero-order valence-corrected chi connectivity index (χ0v) is 10.7. The highest BCUT2D eigenvalue weighted by Gasteiger charge is 2.02. The van der Waals surface area contributed by atoms with Crippen molar-refractivity contribution in [2.24, 2.45) is 0 Å². The highest BCUT2D eigenvalue weighted by Crippen LogP contribution is 2.21. The van der Waals surface area contributed by atoms with Gasteiger partial charge in [-0.3, -0.25) is 0 Å².